The van der Waals surface area contributed by atoms with E-state index in [0.29, 0.717) is 6.54 Å². The molecular formula is C12H18F2N2O2S. The molecule has 4 nitrogen and oxygen atoms in total. The van der Waals surface area contributed by atoms with Gasteiger partial charge in [0.25, 0.3) is 6.43 Å². The Morgan fingerprint density at radius 1 is 1.53 bits per heavy atom. The van der Waals surface area contributed by atoms with Crippen molar-refractivity contribution < 1.29 is 18.7 Å². The first-order chi connectivity index (χ1) is 9.02. The van der Waals surface area contributed by atoms with Crippen LogP contribution in [0, 0.1) is 0 Å². The highest BCUT2D eigenvalue weighted by atomic mass is 32.1. The summed E-state index contributed by atoms with van der Waals surface area (Å²) in [5.41, 5.74) is 1.02. The predicted octanol–water partition coefficient (Wildman–Crippen LogP) is 1.27. The molecule has 1 aromatic heterocycles. The van der Waals surface area contributed by atoms with Crippen LogP contribution in [0.2, 0.25) is 0 Å². The molecule has 0 fully saturated rings. The van der Waals surface area contributed by atoms with Crippen LogP contribution < -0.4 is 0 Å². The summed E-state index contributed by atoms with van der Waals surface area (Å²) in [4.78, 5) is 14.7. The molecule has 1 aromatic rings. The summed E-state index contributed by atoms with van der Waals surface area (Å²) >= 11 is 1.54. The van der Waals surface area contributed by atoms with E-state index >= 15 is 0 Å². The lowest BCUT2D eigenvalue weighted by Gasteiger charge is -2.24. The Hall–Kier alpha value is -1.05. The monoisotopic (exact) mass is 292 g/mol. The van der Waals surface area contributed by atoms with Gasteiger partial charge in [-0.05, 0) is 22.4 Å². The van der Waals surface area contributed by atoms with E-state index in [1.54, 1.807) is 18.4 Å². The Labute approximate surface area is 115 Å². The molecule has 1 N–H and O–H groups in total. The molecule has 0 atom stereocenters. The van der Waals surface area contributed by atoms with Crippen LogP contribution in [0.25, 0.3) is 0 Å². The van der Waals surface area contributed by atoms with Crippen molar-refractivity contribution in [3.8, 4) is 0 Å². The molecule has 1 rings (SSSR count). The van der Waals surface area contributed by atoms with Crippen LogP contribution in [0.15, 0.2) is 16.8 Å². The van der Waals surface area contributed by atoms with Gasteiger partial charge in [-0.25, -0.2) is 8.78 Å². The molecule has 108 valence electrons. The van der Waals surface area contributed by atoms with Crippen LogP contribution in [-0.2, 0) is 11.3 Å². The zero-order chi connectivity index (χ0) is 14.3. The van der Waals surface area contributed by atoms with E-state index in [1.165, 1.54) is 9.80 Å². The van der Waals surface area contributed by atoms with Gasteiger partial charge in [0, 0.05) is 20.1 Å². The maximum absolute atomic E-state index is 12.3. The molecule has 7 heteroatoms. The van der Waals surface area contributed by atoms with Crippen LogP contribution in [0.4, 0.5) is 8.78 Å². The van der Waals surface area contributed by atoms with Crippen LogP contribution in [-0.4, -0.2) is 60.5 Å². The number of aliphatic hydroxyl groups excluding tert-OH is 1. The molecule has 0 aliphatic rings. The van der Waals surface area contributed by atoms with Crippen molar-refractivity contribution >= 4 is 17.2 Å². The molecule has 1 amide bonds. The normalized spacial score (nSPS) is 11.3. The summed E-state index contributed by atoms with van der Waals surface area (Å²) in [6.07, 6.45) is -2.51. The van der Waals surface area contributed by atoms with Crippen LogP contribution in [0.5, 0.6) is 0 Å². The van der Waals surface area contributed by atoms with Crippen LogP contribution in [0.1, 0.15) is 5.56 Å². The third kappa shape index (κ3) is 6.09. The maximum atomic E-state index is 12.3. The second-order valence-electron chi connectivity index (χ2n) is 4.23. The van der Waals surface area contributed by atoms with E-state index in [1.807, 2.05) is 16.8 Å². The number of nitrogens with zero attached hydrogens (tertiary/aromatic N) is 2. The molecule has 19 heavy (non-hydrogen) atoms. The number of halogens is 2. The minimum absolute atomic E-state index is 0.0718. The number of carbonyl (C=O) groups excluding carboxylic acids is 1. The molecule has 0 radical (unpaired) electrons. The van der Waals surface area contributed by atoms with Gasteiger partial charge in [-0.3, -0.25) is 9.69 Å². The number of rotatable bonds is 8. The molecule has 1 heterocycles. The number of amides is 1. The van der Waals surface area contributed by atoms with Gasteiger partial charge in [0.1, 0.15) is 0 Å². The molecule has 0 aromatic carbocycles. The third-order valence-electron chi connectivity index (χ3n) is 2.60. The van der Waals surface area contributed by atoms with Gasteiger partial charge < -0.3 is 10.0 Å². The van der Waals surface area contributed by atoms with E-state index in [2.05, 4.69) is 0 Å². The van der Waals surface area contributed by atoms with E-state index in [-0.39, 0.29) is 25.6 Å². The molecular weight excluding hydrogens is 274 g/mol. The average Bonchev–Trinajstić information content (AvgIpc) is 2.81. The standard InChI is InChI=1S/C12H18F2N2O2S/c1-15(6-10-2-5-19-9-10)12(18)8-16(3-4-17)7-11(13)14/h2,5,9,11,17H,3-4,6-8H2,1H3. The first kappa shape index (κ1) is 16.0. The lowest BCUT2D eigenvalue weighted by Crippen LogP contribution is -2.41. The molecule has 0 saturated carbocycles. The predicted molar refractivity (Wildman–Crippen MR) is 70.3 cm³/mol. The van der Waals surface area contributed by atoms with Crippen molar-refractivity contribution in [2.75, 3.05) is 33.3 Å². The molecule has 0 unspecified atom stereocenters. The summed E-state index contributed by atoms with van der Waals surface area (Å²) in [5, 5.41) is 12.7. The molecule has 0 aliphatic carbocycles. The number of carbonyl (C=O) groups is 1. The number of hydrogen-bond acceptors (Lipinski definition) is 4. The van der Waals surface area contributed by atoms with E-state index < -0.39 is 13.0 Å². The topological polar surface area (TPSA) is 43.8 Å². The first-order valence-corrected chi connectivity index (χ1v) is 6.83. The van der Waals surface area contributed by atoms with Crippen molar-refractivity contribution in [3.05, 3.63) is 22.4 Å². The lowest BCUT2D eigenvalue weighted by atomic mass is 10.3. The summed E-state index contributed by atoms with van der Waals surface area (Å²) in [6.45, 7) is -0.315. The average molecular weight is 292 g/mol. The highest BCUT2D eigenvalue weighted by Gasteiger charge is 2.17. The number of hydrogen-bond donors (Lipinski definition) is 1. The van der Waals surface area contributed by atoms with E-state index in [4.69, 9.17) is 5.11 Å². The fourth-order valence-electron chi connectivity index (χ4n) is 1.63. The zero-order valence-electron chi connectivity index (χ0n) is 10.8. The fourth-order valence-corrected chi connectivity index (χ4v) is 2.29. The van der Waals surface area contributed by atoms with Crippen molar-refractivity contribution in [2.45, 2.75) is 13.0 Å². The Balaban J connectivity index is 2.46. The van der Waals surface area contributed by atoms with Crippen molar-refractivity contribution in [1.29, 1.82) is 0 Å². The quantitative estimate of drug-likeness (QED) is 0.784. The second-order valence-corrected chi connectivity index (χ2v) is 5.01. The Morgan fingerprint density at radius 2 is 2.26 bits per heavy atom. The third-order valence-corrected chi connectivity index (χ3v) is 3.33. The van der Waals surface area contributed by atoms with Crippen LogP contribution in [0.3, 0.4) is 0 Å². The highest BCUT2D eigenvalue weighted by molar-refractivity contribution is 7.07. The minimum Gasteiger partial charge on any atom is -0.395 e. The lowest BCUT2D eigenvalue weighted by molar-refractivity contribution is -0.132. The fraction of sp³-hybridized carbons (Fsp3) is 0.583. The summed E-state index contributed by atoms with van der Waals surface area (Å²) < 4.78 is 24.6. The van der Waals surface area contributed by atoms with Crippen molar-refractivity contribution in [1.82, 2.24) is 9.80 Å². The van der Waals surface area contributed by atoms with Gasteiger partial charge in [0.2, 0.25) is 5.91 Å². The molecule has 0 saturated heterocycles. The van der Waals surface area contributed by atoms with E-state index in [9.17, 15) is 13.6 Å². The van der Waals surface area contributed by atoms with Gasteiger partial charge >= 0.3 is 0 Å². The molecule has 0 spiro atoms. The van der Waals surface area contributed by atoms with Crippen molar-refractivity contribution in [2.24, 2.45) is 0 Å². The van der Waals surface area contributed by atoms with Gasteiger partial charge in [-0.1, -0.05) is 0 Å². The summed E-state index contributed by atoms with van der Waals surface area (Å²) in [7, 11) is 1.64. The molecule has 0 bridgehead atoms. The van der Waals surface area contributed by atoms with Gasteiger partial charge in [0.05, 0.1) is 19.7 Å². The minimum atomic E-state index is -2.51. The number of alkyl halides is 2. The number of aliphatic hydroxyl groups is 1. The second kappa shape index (κ2) is 8.19. The number of thiophene rings is 1. The SMILES string of the molecule is CN(Cc1ccsc1)C(=O)CN(CCO)CC(F)F. The number of likely N-dealkylation sites (N-methyl/N-ethyl adjacent to an activating group) is 1. The van der Waals surface area contributed by atoms with E-state index in [0.717, 1.165) is 5.56 Å². The van der Waals surface area contributed by atoms with Gasteiger partial charge in [0.15, 0.2) is 0 Å². The van der Waals surface area contributed by atoms with Crippen molar-refractivity contribution in [3.63, 3.8) is 0 Å². The maximum Gasteiger partial charge on any atom is 0.251 e. The summed E-state index contributed by atoms with van der Waals surface area (Å²) in [6, 6.07) is 1.92. The Bertz CT molecular complexity index is 374. The highest BCUT2D eigenvalue weighted by Crippen LogP contribution is 2.09. The Morgan fingerprint density at radius 3 is 2.79 bits per heavy atom. The zero-order valence-corrected chi connectivity index (χ0v) is 11.6. The van der Waals surface area contributed by atoms with Crippen LogP contribution >= 0.6 is 11.3 Å². The van der Waals surface area contributed by atoms with Gasteiger partial charge in [-0.2, -0.15) is 11.3 Å². The Kier molecular flexibility index (Phi) is 6.90. The first-order valence-electron chi connectivity index (χ1n) is 5.89. The summed E-state index contributed by atoms with van der Waals surface area (Å²) in [5.74, 6) is -0.236. The smallest absolute Gasteiger partial charge is 0.251 e. The largest absolute Gasteiger partial charge is 0.395 e. The molecule has 0 aliphatic heterocycles. The van der Waals surface area contributed by atoms with Gasteiger partial charge in [-0.15, -0.1) is 0 Å².